The van der Waals surface area contributed by atoms with E-state index in [1.807, 2.05) is 0 Å². The second-order valence-electron chi connectivity index (χ2n) is 15.8. The van der Waals surface area contributed by atoms with Gasteiger partial charge in [0.05, 0.1) is 25.4 Å². The topological polar surface area (TPSA) is 189 Å². The largest absolute Gasteiger partial charge is 0.394 e. The van der Waals surface area contributed by atoms with Crippen LogP contribution in [0.15, 0.2) is 0 Å². The van der Waals surface area contributed by atoms with Gasteiger partial charge < -0.3 is 50.5 Å². The summed E-state index contributed by atoms with van der Waals surface area (Å²) in [5.74, 6) is -0.699. The molecule has 9 unspecified atom stereocenters. The maximum absolute atomic E-state index is 13.0. The Bertz CT molecular complexity index is 836. The summed E-state index contributed by atoms with van der Waals surface area (Å²) in [6.07, 6.45) is 20.3. The molecule has 1 heterocycles. The molecular formula is C42H83NO10. The van der Waals surface area contributed by atoms with E-state index in [2.05, 4.69) is 19.2 Å². The lowest BCUT2D eigenvalue weighted by Crippen LogP contribution is -2.60. The molecule has 0 aromatic carbocycles. The Morgan fingerprint density at radius 1 is 0.585 bits per heavy atom. The monoisotopic (exact) mass is 762 g/mol. The van der Waals surface area contributed by atoms with E-state index in [4.69, 9.17) is 9.47 Å². The molecule has 0 bridgehead atoms. The molecule has 0 aromatic heterocycles. The maximum Gasteiger partial charge on any atom is 0.249 e. The number of aliphatic hydroxyl groups excluding tert-OH is 7. The zero-order valence-electron chi connectivity index (χ0n) is 33.8. The Labute approximate surface area is 322 Å². The SMILES string of the molecule is CCCCCCCCCCCCCCCCCCCCC(O)C(O)C(COC1OC(CO)C(O)C(O)C1O)NC(=O)C(O)CCCCCCCCCC. The molecule has 1 aliphatic rings. The molecule has 11 heteroatoms. The van der Waals surface area contributed by atoms with E-state index in [0.717, 1.165) is 38.5 Å². The van der Waals surface area contributed by atoms with Crippen molar-refractivity contribution >= 4 is 5.91 Å². The third-order valence-electron chi connectivity index (χ3n) is 10.9. The predicted molar refractivity (Wildman–Crippen MR) is 210 cm³/mol. The van der Waals surface area contributed by atoms with Crippen LogP contribution in [0.1, 0.15) is 194 Å². The Kier molecular flexibility index (Phi) is 31.5. The van der Waals surface area contributed by atoms with Crippen molar-refractivity contribution in [2.24, 2.45) is 0 Å². The molecule has 0 radical (unpaired) electrons. The van der Waals surface area contributed by atoms with Gasteiger partial charge in [-0.1, -0.05) is 181 Å². The molecule has 1 aliphatic heterocycles. The van der Waals surface area contributed by atoms with Gasteiger partial charge in [0.2, 0.25) is 5.91 Å². The van der Waals surface area contributed by atoms with Gasteiger partial charge in [-0.25, -0.2) is 0 Å². The number of aliphatic hydroxyl groups is 7. The summed E-state index contributed by atoms with van der Waals surface area (Å²) in [6, 6.07) is -1.16. The molecule has 1 fully saturated rings. The first-order chi connectivity index (χ1) is 25.7. The highest BCUT2D eigenvalue weighted by molar-refractivity contribution is 5.80. The minimum Gasteiger partial charge on any atom is -0.394 e. The minimum absolute atomic E-state index is 0.263. The molecule has 1 amide bonds. The summed E-state index contributed by atoms with van der Waals surface area (Å²) in [4.78, 5) is 13.0. The lowest BCUT2D eigenvalue weighted by Gasteiger charge is -2.40. The van der Waals surface area contributed by atoms with E-state index in [0.29, 0.717) is 19.3 Å². The van der Waals surface area contributed by atoms with Crippen LogP contribution in [-0.4, -0.2) is 110 Å². The zero-order chi connectivity index (χ0) is 39.1. The van der Waals surface area contributed by atoms with Crippen molar-refractivity contribution in [1.82, 2.24) is 5.32 Å². The smallest absolute Gasteiger partial charge is 0.249 e. The van der Waals surface area contributed by atoms with Gasteiger partial charge in [-0.15, -0.1) is 0 Å². The number of hydrogen-bond donors (Lipinski definition) is 8. The molecule has 0 saturated carbocycles. The Balaban J connectivity index is 2.43. The molecule has 8 N–H and O–H groups in total. The first-order valence-electron chi connectivity index (χ1n) is 21.9. The predicted octanol–water partition coefficient (Wildman–Crippen LogP) is 6.33. The summed E-state index contributed by atoms with van der Waals surface area (Å²) >= 11 is 0. The molecule has 316 valence electrons. The molecule has 9 atom stereocenters. The van der Waals surface area contributed by atoms with Gasteiger partial charge in [-0.2, -0.15) is 0 Å². The van der Waals surface area contributed by atoms with E-state index >= 15 is 0 Å². The summed E-state index contributed by atoms with van der Waals surface area (Å²) in [5, 5.41) is 75.3. The number of ether oxygens (including phenoxy) is 2. The van der Waals surface area contributed by atoms with Crippen LogP contribution in [0.4, 0.5) is 0 Å². The van der Waals surface area contributed by atoms with Crippen LogP contribution in [0.25, 0.3) is 0 Å². The van der Waals surface area contributed by atoms with Crippen LogP contribution in [-0.2, 0) is 14.3 Å². The molecule has 1 rings (SSSR count). The fourth-order valence-corrected chi connectivity index (χ4v) is 7.20. The molecular weight excluding hydrogens is 678 g/mol. The minimum atomic E-state index is -1.65. The van der Waals surface area contributed by atoms with Crippen LogP contribution >= 0.6 is 0 Å². The fourth-order valence-electron chi connectivity index (χ4n) is 7.20. The molecule has 0 aliphatic carbocycles. The molecule has 0 spiro atoms. The van der Waals surface area contributed by atoms with Gasteiger partial charge in [0, 0.05) is 0 Å². The first kappa shape index (κ1) is 50.1. The summed E-state index contributed by atoms with van der Waals surface area (Å²) in [5.41, 5.74) is 0. The van der Waals surface area contributed by atoms with E-state index in [9.17, 15) is 40.5 Å². The third kappa shape index (κ3) is 23.7. The standard InChI is InChI=1S/C42H83NO10/c1-3-5-7-9-11-13-14-15-16-17-18-19-20-21-22-24-25-27-29-34(45)37(47)33(32-52-42-40(50)39(49)38(48)36(31-44)53-42)43-41(51)35(46)30-28-26-23-12-10-8-6-4-2/h33-40,42,44-50H,3-32H2,1-2H3,(H,43,51). The summed E-state index contributed by atoms with van der Waals surface area (Å²) < 4.78 is 11.0. The Morgan fingerprint density at radius 2 is 0.981 bits per heavy atom. The average molecular weight is 762 g/mol. The van der Waals surface area contributed by atoms with E-state index in [1.54, 1.807) is 0 Å². The fraction of sp³-hybridized carbons (Fsp3) is 0.976. The second kappa shape index (κ2) is 33.3. The van der Waals surface area contributed by atoms with Gasteiger partial charge >= 0.3 is 0 Å². The number of nitrogens with one attached hydrogen (secondary N) is 1. The van der Waals surface area contributed by atoms with Crippen LogP contribution in [0.3, 0.4) is 0 Å². The number of amides is 1. The van der Waals surface area contributed by atoms with Gasteiger partial charge in [-0.05, 0) is 12.8 Å². The number of hydrogen-bond acceptors (Lipinski definition) is 10. The van der Waals surface area contributed by atoms with E-state index in [-0.39, 0.29) is 6.42 Å². The molecule has 1 saturated heterocycles. The van der Waals surface area contributed by atoms with Crippen molar-refractivity contribution in [3.63, 3.8) is 0 Å². The van der Waals surface area contributed by atoms with Gasteiger partial charge in [0.1, 0.15) is 36.6 Å². The number of unbranched alkanes of at least 4 members (excludes halogenated alkanes) is 24. The molecule has 0 aromatic rings. The normalized spacial score (nSPS) is 22.8. The van der Waals surface area contributed by atoms with Crippen molar-refractivity contribution in [3.05, 3.63) is 0 Å². The van der Waals surface area contributed by atoms with Crippen LogP contribution in [0.2, 0.25) is 0 Å². The van der Waals surface area contributed by atoms with Crippen molar-refractivity contribution in [2.45, 2.75) is 249 Å². The van der Waals surface area contributed by atoms with Crippen LogP contribution in [0, 0.1) is 0 Å². The van der Waals surface area contributed by atoms with Gasteiger partial charge in [0.25, 0.3) is 0 Å². The lowest BCUT2D eigenvalue weighted by molar-refractivity contribution is -0.303. The molecule has 11 nitrogen and oxygen atoms in total. The van der Waals surface area contributed by atoms with Crippen LogP contribution < -0.4 is 5.32 Å². The quantitative estimate of drug-likeness (QED) is 0.0335. The van der Waals surface area contributed by atoms with Crippen molar-refractivity contribution < 1.29 is 50.0 Å². The number of rotatable bonds is 36. The lowest BCUT2D eigenvalue weighted by atomic mass is 9.98. The van der Waals surface area contributed by atoms with Gasteiger partial charge in [-0.3, -0.25) is 4.79 Å². The van der Waals surface area contributed by atoms with E-state index < -0.39 is 74.2 Å². The first-order valence-corrected chi connectivity index (χ1v) is 21.9. The number of carbonyl (C=O) groups excluding carboxylic acids is 1. The third-order valence-corrected chi connectivity index (χ3v) is 10.9. The van der Waals surface area contributed by atoms with Crippen LogP contribution in [0.5, 0.6) is 0 Å². The van der Waals surface area contributed by atoms with Crippen molar-refractivity contribution in [1.29, 1.82) is 0 Å². The highest BCUT2D eigenvalue weighted by atomic mass is 16.7. The van der Waals surface area contributed by atoms with Gasteiger partial charge in [0.15, 0.2) is 6.29 Å². The highest BCUT2D eigenvalue weighted by Gasteiger charge is 2.44. The summed E-state index contributed by atoms with van der Waals surface area (Å²) in [6.45, 7) is 3.39. The number of carbonyl (C=O) groups is 1. The zero-order valence-corrected chi connectivity index (χ0v) is 33.8. The second-order valence-corrected chi connectivity index (χ2v) is 15.8. The van der Waals surface area contributed by atoms with Crippen molar-refractivity contribution in [3.8, 4) is 0 Å². The Morgan fingerprint density at radius 3 is 1.40 bits per heavy atom. The summed E-state index contributed by atoms with van der Waals surface area (Å²) in [7, 11) is 0. The Hall–Kier alpha value is -0.890. The van der Waals surface area contributed by atoms with E-state index in [1.165, 1.54) is 116 Å². The molecule has 53 heavy (non-hydrogen) atoms. The van der Waals surface area contributed by atoms with Crippen molar-refractivity contribution in [2.75, 3.05) is 13.2 Å². The average Bonchev–Trinajstić information content (AvgIpc) is 3.16. The maximum atomic E-state index is 13.0. The highest BCUT2D eigenvalue weighted by Crippen LogP contribution is 2.23.